The smallest absolute Gasteiger partial charge is 0.345 e. The number of benzene rings is 1. The summed E-state index contributed by atoms with van der Waals surface area (Å²) in [5, 5.41) is 11.0. The summed E-state index contributed by atoms with van der Waals surface area (Å²) in [5.74, 6) is -0.150. The van der Waals surface area contributed by atoms with Crippen molar-refractivity contribution in [3.8, 4) is 11.5 Å². The molecule has 0 bridgehead atoms. The largest absolute Gasteiger partial charge is 0.462 e. The van der Waals surface area contributed by atoms with Gasteiger partial charge in [0.1, 0.15) is 5.56 Å². The molecule has 102 valence electrons. The number of hydrogen-bond donors (Lipinski definition) is 0. The first-order valence-corrected chi connectivity index (χ1v) is 5.88. The van der Waals surface area contributed by atoms with Crippen LogP contribution in [0.5, 0.6) is 11.5 Å². The van der Waals surface area contributed by atoms with Gasteiger partial charge in [0.2, 0.25) is 6.79 Å². The molecular formula is C12H13NO6. The number of rotatable bonds is 5. The molecule has 7 heteroatoms. The SMILES string of the molecule is CCCCOC(=O)c1cc2c(cc1[N+](=O)[O-])OCO2. The van der Waals surface area contributed by atoms with Gasteiger partial charge in [-0.1, -0.05) is 13.3 Å². The number of carbonyl (C=O) groups excluding carboxylic acids is 1. The first kappa shape index (κ1) is 13.1. The quantitative estimate of drug-likeness (QED) is 0.352. The van der Waals surface area contributed by atoms with Crippen LogP contribution in [0.1, 0.15) is 30.1 Å². The molecule has 1 aromatic rings. The maximum absolute atomic E-state index is 11.8. The van der Waals surface area contributed by atoms with E-state index in [9.17, 15) is 14.9 Å². The van der Waals surface area contributed by atoms with Crippen LogP contribution in [-0.4, -0.2) is 24.3 Å². The summed E-state index contributed by atoms with van der Waals surface area (Å²) < 4.78 is 15.1. The van der Waals surface area contributed by atoms with Crippen molar-refractivity contribution in [3.05, 3.63) is 27.8 Å². The number of nitro benzene ring substituents is 1. The van der Waals surface area contributed by atoms with Crippen LogP contribution in [0.15, 0.2) is 12.1 Å². The monoisotopic (exact) mass is 267 g/mol. The van der Waals surface area contributed by atoms with Crippen LogP contribution < -0.4 is 9.47 Å². The van der Waals surface area contributed by atoms with Crippen LogP contribution in [0.4, 0.5) is 5.69 Å². The molecule has 0 aliphatic carbocycles. The van der Waals surface area contributed by atoms with Crippen molar-refractivity contribution in [2.45, 2.75) is 19.8 Å². The van der Waals surface area contributed by atoms with Crippen molar-refractivity contribution in [1.82, 2.24) is 0 Å². The molecule has 0 N–H and O–H groups in total. The molecule has 0 saturated heterocycles. The van der Waals surface area contributed by atoms with E-state index in [1.807, 2.05) is 6.92 Å². The molecule has 0 saturated carbocycles. The van der Waals surface area contributed by atoms with E-state index in [-0.39, 0.29) is 30.4 Å². The fraction of sp³-hybridized carbons (Fsp3) is 0.417. The summed E-state index contributed by atoms with van der Waals surface area (Å²) in [6.07, 6.45) is 1.58. The van der Waals surface area contributed by atoms with Gasteiger partial charge in [-0.2, -0.15) is 0 Å². The van der Waals surface area contributed by atoms with Crippen molar-refractivity contribution >= 4 is 11.7 Å². The van der Waals surface area contributed by atoms with Crippen LogP contribution in [0.3, 0.4) is 0 Å². The van der Waals surface area contributed by atoms with Gasteiger partial charge >= 0.3 is 5.97 Å². The number of ether oxygens (including phenoxy) is 3. The summed E-state index contributed by atoms with van der Waals surface area (Å²) in [7, 11) is 0. The van der Waals surface area contributed by atoms with E-state index < -0.39 is 10.9 Å². The fourth-order valence-electron chi connectivity index (χ4n) is 1.63. The van der Waals surface area contributed by atoms with Crippen molar-refractivity contribution in [1.29, 1.82) is 0 Å². The second-order valence-electron chi connectivity index (χ2n) is 3.97. The number of fused-ring (bicyclic) bond motifs is 1. The number of unbranched alkanes of at least 4 members (excludes halogenated alkanes) is 1. The maximum atomic E-state index is 11.8. The molecule has 19 heavy (non-hydrogen) atoms. The van der Waals surface area contributed by atoms with Gasteiger partial charge in [-0.25, -0.2) is 4.79 Å². The van der Waals surface area contributed by atoms with Crippen LogP contribution >= 0.6 is 0 Å². The average Bonchev–Trinajstić information content (AvgIpc) is 2.84. The summed E-state index contributed by atoms with van der Waals surface area (Å²) in [5.41, 5.74) is -0.462. The Morgan fingerprint density at radius 2 is 2.11 bits per heavy atom. The van der Waals surface area contributed by atoms with Crippen molar-refractivity contribution in [2.75, 3.05) is 13.4 Å². The minimum Gasteiger partial charge on any atom is -0.462 e. The predicted octanol–water partition coefficient (Wildman–Crippen LogP) is 2.28. The zero-order valence-electron chi connectivity index (χ0n) is 10.4. The highest BCUT2D eigenvalue weighted by Crippen LogP contribution is 2.38. The van der Waals surface area contributed by atoms with E-state index in [1.54, 1.807) is 0 Å². The Morgan fingerprint density at radius 3 is 2.74 bits per heavy atom. The molecule has 7 nitrogen and oxygen atoms in total. The molecule has 0 unspecified atom stereocenters. The second kappa shape index (κ2) is 5.55. The molecule has 1 heterocycles. The topological polar surface area (TPSA) is 87.9 Å². The molecular weight excluding hydrogens is 254 g/mol. The zero-order chi connectivity index (χ0) is 13.8. The van der Waals surface area contributed by atoms with Gasteiger partial charge in [-0.3, -0.25) is 10.1 Å². The third kappa shape index (κ3) is 2.75. The fourth-order valence-corrected chi connectivity index (χ4v) is 1.63. The predicted molar refractivity (Wildman–Crippen MR) is 64.4 cm³/mol. The lowest BCUT2D eigenvalue weighted by Crippen LogP contribution is -2.09. The first-order chi connectivity index (χ1) is 9.13. The first-order valence-electron chi connectivity index (χ1n) is 5.88. The summed E-state index contributed by atoms with van der Waals surface area (Å²) in [6.45, 7) is 2.18. The number of esters is 1. The van der Waals surface area contributed by atoms with E-state index in [1.165, 1.54) is 12.1 Å². The molecule has 0 spiro atoms. The number of hydrogen-bond acceptors (Lipinski definition) is 6. The third-order valence-electron chi connectivity index (χ3n) is 2.64. The van der Waals surface area contributed by atoms with E-state index >= 15 is 0 Å². The molecule has 0 radical (unpaired) electrons. The Hall–Kier alpha value is -2.31. The van der Waals surface area contributed by atoms with Gasteiger partial charge < -0.3 is 14.2 Å². The number of nitro groups is 1. The summed E-state index contributed by atoms with van der Waals surface area (Å²) in [4.78, 5) is 22.1. The van der Waals surface area contributed by atoms with Gasteiger partial charge in [0.05, 0.1) is 17.6 Å². The zero-order valence-corrected chi connectivity index (χ0v) is 10.4. The van der Waals surface area contributed by atoms with E-state index in [4.69, 9.17) is 14.2 Å². The lowest BCUT2D eigenvalue weighted by Gasteiger charge is -2.05. The molecule has 1 aliphatic heterocycles. The minimum atomic E-state index is -0.724. The Bertz CT molecular complexity index is 513. The van der Waals surface area contributed by atoms with Gasteiger partial charge in [0.25, 0.3) is 5.69 Å². The van der Waals surface area contributed by atoms with Crippen molar-refractivity contribution in [2.24, 2.45) is 0 Å². The highest BCUT2D eigenvalue weighted by atomic mass is 16.7. The second-order valence-corrected chi connectivity index (χ2v) is 3.97. The van der Waals surface area contributed by atoms with Crippen LogP contribution in [0, 0.1) is 10.1 Å². The van der Waals surface area contributed by atoms with Crippen LogP contribution in [0.25, 0.3) is 0 Å². The molecule has 0 fully saturated rings. The van der Waals surface area contributed by atoms with Crippen LogP contribution in [-0.2, 0) is 4.74 Å². The Balaban J connectivity index is 2.27. The average molecular weight is 267 g/mol. The Labute approximate surface area is 109 Å². The molecule has 1 aliphatic rings. The summed E-state index contributed by atoms with van der Waals surface area (Å²) in [6, 6.07) is 2.47. The van der Waals surface area contributed by atoms with E-state index in [0.717, 1.165) is 6.42 Å². The van der Waals surface area contributed by atoms with Gasteiger partial charge in [0, 0.05) is 6.07 Å². The van der Waals surface area contributed by atoms with Crippen molar-refractivity contribution in [3.63, 3.8) is 0 Å². The standard InChI is InChI=1S/C12H13NO6/c1-2-3-4-17-12(14)8-5-10-11(19-7-18-10)6-9(8)13(15)16/h5-6H,2-4,7H2,1H3. The lowest BCUT2D eigenvalue weighted by molar-refractivity contribution is -0.385. The third-order valence-corrected chi connectivity index (χ3v) is 2.64. The van der Waals surface area contributed by atoms with E-state index in [0.29, 0.717) is 12.2 Å². The number of nitrogens with zero attached hydrogens (tertiary/aromatic N) is 1. The highest BCUT2D eigenvalue weighted by molar-refractivity contribution is 5.95. The molecule has 1 aromatic carbocycles. The number of carbonyl (C=O) groups is 1. The molecule has 2 rings (SSSR count). The molecule has 0 atom stereocenters. The molecule has 0 aromatic heterocycles. The summed E-state index contributed by atoms with van der Waals surface area (Å²) >= 11 is 0. The maximum Gasteiger partial charge on any atom is 0.345 e. The Kier molecular flexibility index (Phi) is 3.84. The van der Waals surface area contributed by atoms with Gasteiger partial charge in [-0.15, -0.1) is 0 Å². The molecule has 0 amide bonds. The van der Waals surface area contributed by atoms with Gasteiger partial charge in [0.15, 0.2) is 11.5 Å². The van der Waals surface area contributed by atoms with Crippen LogP contribution in [0.2, 0.25) is 0 Å². The Morgan fingerprint density at radius 1 is 1.42 bits per heavy atom. The minimum absolute atomic E-state index is 0.0131. The normalized spacial score (nSPS) is 12.3. The lowest BCUT2D eigenvalue weighted by atomic mass is 10.1. The van der Waals surface area contributed by atoms with Crippen molar-refractivity contribution < 1.29 is 23.9 Å². The van der Waals surface area contributed by atoms with E-state index in [2.05, 4.69) is 0 Å². The van der Waals surface area contributed by atoms with Gasteiger partial charge in [-0.05, 0) is 6.42 Å². The highest BCUT2D eigenvalue weighted by Gasteiger charge is 2.27.